The van der Waals surface area contributed by atoms with Gasteiger partial charge in [0.2, 0.25) is 0 Å². The first-order chi connectivity index (χ1) is 8.00. The molecular formula is C13H13NO3. The van der Waals surface area contributed by atoms with Gasteiger partial charge in [-0.1, -0.05) is 17.3 Å². The fourth-order valence-electron chi connectivity index (χ4n) is 1.71. The molecule has 1 aromatic carbocycles. The number of carbonyl (C=O) groups is 1. The van der Waals surface area contributed by atoms with Gasteiger partial charge in [-0.25, -0.2) is 4.79 Å². The summed E-state index contributed by atoms with van der Waals surface area (Å²) in [5.74, 6) is -0.692. The highest BCUT2D eigenvalue weighted by atomic mass is 16.5. The van der Waals surface area contributed by atoms with E-state index in [1.54, 1.807) is 6.92 Å². The molecule has 4 heteroatoms. The lowest BCUT2D eigenvalue weighted by atomic mass is 10.0. The van der Waals surface area contributed by atoms with E-state index in [2.05, 4.69) is 5.16 Å². The van der Waals surface area contributed by atoms with Crippen LogP contribution in [0.15, 0.2) is 22.7 Å². The van der Waals surface area contributed by atoms with E-state index in [0.29, 0.717) is 11.5 Å². The molecule has 2 aromatic rings. The van der Waals surface area contributed by atoms with E-state index < -0.39 is 5.97 Å². The van der Waals surface area contributed by atoms with E-state index >= 15 is 0 Å². The molecule has 0 amide bonds. The van der Waals surface area contributed by atoms with Crippen LogP contribution in [0, 0.1) is 20.8 Å². The Balaban J connectivity index is 2.60. The van der Waals surface area contributed by atoms with Crippen LogP contribution >= 0.6 is 0 Å². The van der Waals surface area contributed by atoms with E-state index in [9.17, 15) is 4.79 Å². The maximum Gasteiger partial charge on any atom is 0.341 e. The highest BCUT2D eigenvalue weighted by molar-refractivity contribution is 5.95. The lowest BCUT2D eigenvalue weighted by Crippen LogP contribution is -1.99. The summed E-state index contributed by atoms with van der Waals surface area (Å²) in [4.78, 5) is 11.1. The van der Waals surface area contributed by atoms with Crippen molar-refractivity contribution < 1.29 is 14.4 Å². The van der Waals surface area contributed by atoms with E-state index in [-0.39, 0.29) is 5.56 Å². The van der Waals surface area contributed by atoms with Crippen LogP contribution in [0.3, 0.4) is 0 Å². The van der Waals surface area contributed by atoms with Gasteiger partial charge in [0.25, 0.3) is 0 Å². The fourth-order valence-corrected chi connectivity index (χ4v) is 1.71. The second-order valence-corrected chi connectivity index (χ2v) is 4.07. The van der Waals surface area contributed by atoms with Crippen molar-refractivity contribution in [2.24, 2.45) is 0 Å². The largest absolute Gasteiger partial charge is 0.477 e. The minimum absolute atomic E-state index is 0.133. The van der Waals surface area contributed by atoms with E-state index in [1.165, 1.54) is 0 Å². The molecule has 2 rings (SSSR count). The van der Waals surface area contributed by atoms with Crippen LogP contribution in [0.25, 0.3) is 11.3 Å². The number of aromatic carboxylic acids is 1. The molecule has 0 aliphatic heterocycles. The molecule has 0 bridgehead atoms. The summed E-state index contributed by atoms with van der Waals surface area (Å²) >= 11 is 0. The van der Waals surface area contributed by atoms with Crippen molar-refractivity contribution in [2.45, 2.75) is 20.8 Å². The topological polar surface area (TPSA) is 63.3 Å². The van der Waals surface area contributed by atoms with Gasteiger partial charge in [-0.3, -0.25) is 0 Å². The summed E-state index contributed by atoms with van der Waals surface area (Å²) in [5, 5.41) is 12.9. The second-order valence-electron chi connectivity index (χ2n) is 4.07. The number of aromatic nitrogens is 1. The molecular weight excluding hydrogens is 218 g/mol. The van der Waals surface area contributed by atoms with E-state index in [0.717, 1.165) is 16.7 Å². The van der Waals surface area contributed by atoms with Crippen molar-refractivity contribution in [3.8, 4) is 11.3 Å². The Kier molecular flexibility index (Phi) is 2.71. The Bertz CT molecular complexity index is 584. The Morgan fingerprint density at radius 2 is 1.94 bits per heavy atom. The molecule has 1 N–H and O–H groups in total. The standard InChI is InChI=1S/C13H13NO3/c1-7-4-5-10(6-8(7)2)12-11(13(15)16)9(3)17-14-12/h4-6H,1-3H3,(H,15,16). The molecule has 0 aliphatic rings. The molecule has 1 aromatic heterocycles. The molecule has 0 saturated carbocycles. The normalized spacial score (nSPS) is 10.5. The summed E-state index contributed by atoms with van der Waals surface area (Å²) < 4.78 is 4.95. The van der Waals surface area contributed by atoms with Crippen molar-refractivity contribution in [1.29, 1.82) is 0 Å². The van der Waals surface area contributed by atoms with Crippen LogP contribution in [0.5, 0.6) is 0 Å². The van der Waals surface area contributed by atoms with Gasteiger partial charge in [0.05, 0.1) is 0 Å². The third-order valence-electron chi connectivity index (χ3n) is 2.86. The lowest BCUT2D eigenvalue weighted by Gasteiger charge is -2.03. The average Bonchev–Trinajstić information content (AvgIpc) is 2.64. The number of rotatable bonds is 2. The van der Waals surface area contributed by atoms with Gasteiger partial charge in [-0.15, -0.1) is 0 Å². The predicted octanol–water partition coefficient (Wildman–Crippen LogP) is 2.97. The number of carboxylic acid groups (broad SMARTS) is 1. The summed E-state index contributed by atoms with van der Waals surface area (Å²) in [6.07, 6.45) is 0. The quantitative estimate of drug-likeness (QED) is 0.863. The first-order valence-electron chi connectivity index (χ1n) is 5.28. The SMILES string of the molecule is Cc1ccc(-c2noc(C)c2C(=O)O)cc1C. The van der Waals surface area contributed by atoms with Crippen molar-refractivity contribution in [3.63, 3.8) is 0 Å². The molecule has 0 atom stereocenters. The molecule has 17 heavy (non-hydrogen) atoms. The third-order valence-corrected chi connectivity index (χ3v) is 2.86. The zero-order valence-electron chi connectivity index (χ0n) is 9.94. The van der Waals surface area contributed by atoms with Crippen LogP contribution in [-0.4, -0.2) is 16.2 Å². The van der Waals surface area contributed by atoms with Crippen LogP contribution in [-0.2, 0) is 0 Å². The number of benzene rings is 1. The Morgan fingerprint density at radius 3 is 2.53 bits per heavy atom. The van der Waals surface area contributed by atoms with Crippen LogP contribution in [0.2, 0.25) is 0 Å². The minimum atomic E-state index is -1.02. The highest BCUT2D eigenvalue weighted by Gasteiger charge is 2.20. The smallest absolute Gasteiger partial charge is 0.341 e. The number of hydrogen-bond acceptors (Lipinski definition) is 3. The first kappa shape index (κ1) is 11.4. The number of carboxylic acids is 1. The molecule has 0 saturated heterocycles. The summed E-state index contributed by atoms with van der Waals surface area (Å²) in [7, 11) is 0. The average molecular weight is 231 g/mol. The van der Waals surface area contributed by atoms with Crippen LogP contribution in [0.4, 0.5) is 0 Å². The lowest BCUT2D eigenvalue weighted by molar-refractivity contribution is 0.0696. The van der Waals surface area contributed by atoms with Gasteiger partial charge >= 0.3 is 5.97 Å². The van der Waals surface area contributed by atoms with Gasteiger partial charge in [0, 0.05) is 5.56 Å². The zero-order chi connectivity index (χ0) is 12.6. The van der Waals surface area contributed by atoms with Crippen molar-refractivity contribution >= 4 is 5.97 Å². The van der Waals surface area contributed by atoms with Crippen molar-refractivity contribution in [1.82, 2.24) is 5.16 Å². The van der Waals surface area contributed by atoms with E-state index in [4.69, 9.17) is 9.63 Å². The minimum Gasteiger partial charge on any atom is -0.477 e. The number of hydrogen-bond donors (Lipinski definition) is 1. The fraction of sp³-hybridized carbons (Fsp3) is 0.231. The van der Waals surface area contributed by atoms with Crippen molar-refractivity contribution in [3.05, 3.63) is 40.6 Å². The van der Waals surface area contributed by atoms with Crippen molar-refractivity contribution in [2.75, 3.05) is 0 Å². The number of nitrogens with zero attached hydrogens (tertiary/aromatic N) is 1. The van der Waals surface area contributed by atoms with E-state index in [1.807, 2.05) is 32.0 Å². The first-order valence-corrected chi connectivity index (χ1v) is 5.28. The summed E-state index contributed by atoms with van der Waals surface area (Å²) in [6, 6.07) is 5.71. The second kappa shape index (κ2) is 4.05. The Morgan fingerprint density at radius 1 is 1.24 bits per heavy atom. The molecule has 0 aliphatic carbocycles. The van der Waals surface area contributed by atoms with Gasteiger partial charge in [0.15, 0.2) is 0 Å². The van der Waals surface area contributed by atoms with Crippen LogP contribution < -0.4 is 0 Å². The summed E-state index contributed by atoms with van der Waals surface area (Å²) in [5.41, 5.74) is 3.54. The Labute approximate surface area is 98.9 Å². The van der Waals surface area contributed by atoms with Gasteiger partial charge in [-0.2, -0.15) is 0 Å². The Hall–Kier alpha value is -2.10. The molecule has 88 valence electrons. The molecule has 0 unspecified atom stereocenters. The maximum absolute atomic E-state index is 11.1. The molecule has 0 fully saturated rings. The monoisotopic (exact) mass is 231 g/mol. The molecule has 4 nitrogen and oxygen atoms in total. The number of aryl methyl sites for hydroxylation is 3. The highest BCUT2D eigenvalue weighted by Crippen LogP contribution is 2.26. The predicted molar refractivity (Wildman–Crippen MR) is 63.1 cm³/mol. The molecule has 0 radical (unpaired) electrons. The zero-order valence-corrected chi connectivity index (χ0v) is 9.94. The van der Waals surface area contributed by atoms with Crippen LogP contribution in [0.1, 0.15) is 27.2 Å². The van der Waals surface area contributed by atoms with Gasteiger partial charge in [-0.05, 0) is 38.0 Å². The van der Waals surface area contributed by atoms with Gasteiger partial charge in [0.1, 0.15) is 17.0 Å². The molecule has 1 heterocycles. The van der Waals surface area contributed by atoms with Gasteiger partial charge < -0.3 is 9.63 Å². The summed E-state index contributed by atoms with van der Waals surface area (Å²) in [6.45, 7) is 5.58. The molecule has 0 spiro atoms. The maximum atomic E-state index is 11.1. The third kappa shape index (κ3) is 1.93.